The van der Waals surface area contributed by atoms with Gasteiger partial charge in [0.2, 0.25) is 0 Å². The maximum Gasteiger partial charge on any atom is 0.162 e. The predicted octanol–water partition coefficient (Wildman–Crippen LogP) is 2.24. The van der Waals surface area contributed by atoms with Crippen LogP contribution in [0.2, 0.25) is 0 Å². The van der Waals surface area contributed by atoms with Crippen LogP contribution in [0.1, 0.15) is 19.4 Å². The molecule has 3 nitrogen and oxygen atoms in total. The topological polar surface area (TPSA) is 32.7 Å². The summed E-state index contributed by atoms with van der Waals surface area (Å²) in [5.41, 5.74) is 0.915. The molecule has 1 N–H and O–H groups in total. The molecule has 0 saturated carbocycles. The lowest BCUT2D eigenvalue weighted by Gasteiger charge is -2.19. The van der Waals surface area contributed by atoms with Crippen molar-refractivity contribution in [2.45, 2.75) is 20.4 Å². The SMILES string of the molecule is CCN(CC)Cc1cccc(OC)c1O. The molecule has 0 saturated heterocycles. The minimum Gasteiger partial charge on any atom is -0.504 e. The van der Waals surface area contributed by atoms with Crippen LogP contribution in [-0.2, 0) is 6.54 Å². The fourth-order valence-electron chi connectivity index (χ4n) is 1.55. The van der Waals surface area contributed by atoms with E-state index < -0.39 is 0 Å². The molecule has 0 aliphatic rings. The number of phenolic OH excluding ortho intramolecular Hbond substituents is 1. The number of para-hydroxylation sites is 1. The summed E-state index contributed by atoms with van der Waals surface area (Å²) in [5.74, 6) is 0.798. The average molecular weight is 209 g/mol. The number of ether oxygens (including phenoxy) is 1. The third-order valence-electron chi connectivity index (χ3n) is 2.59. The molecule has 0 aliphatic heterocycles. The first-order valence-corrected chi connectivity index (χ1v) is 5.30. The van der Waals surface area contributed by atoms with Gasteiger partial charge in [0.1, 0.15) is 0 Å². The summed E-state index contributed by atoms with van der Waals surface area (Å²) in [4.78, 5) is 2.24. The van der Waals surface area contributed by atoms with Gasteiger partial charge in [-0.25, -0.2) is 0 Å². The third-order valence-corrected chi connectivity index (χ3v) is 2.59. The molecule has 0 fully saturated rings. The van der Waals surface area contributed by atoms with E-state index >= 15 is 0 Å². The Bertz CT molecular complexity index is 308. The fraction of sp³-hybridized carbons (Fsp3) is 0.500. The number of aromatic hydroxyl groups is 1. The van der Waals surface area contributed by atoms with Gasteiger partial charge in [0.15, 0.2) is 11.5 Å². The van der Waals surface area contributed by atoms with E-state index in [1.807, 2.05) is 12.1 Å². The van der Waals surface area contributed by atoms with E-state index in [0.717, 1.165) is 25.2 Å². The molecule has 3 heteroatoms. The number of hydrogen-bond donors (Lipinski definition) is 1. The number of nitrogens with zero attached hydrogens (tertiary/aromatic N) is 1. The molecule has 0 aliphatic carbocycles. The zero-order chi connectivity index (χ0) is 11.3. The van der Waals surface area contributed by atoms with Crippen molar-refractivity contribution in [1.82, 2.24) is 4.90 Å². The highest BCUT2D eigenvalue weighted by Crippen LogP contribution is 2.29. The van der Waals surface area contributed by atoms with Crippen molar-refractivity contribution >= 4 is 0 Å². The predicted molar refractivity (Wildman–Crippen MR) is 61.3 cm³/mol. The van der Waals surface area contributed by atoms with E-state index in [0.29, 0.717) is 5.75 Å². The maximum absolute atomic E-state index is 9.88. The fourth-order valence-corrected chi connectivity index (χ4v) is 1.55. The average Bonchev–Trinajstić information content (AvgIpc) is 2.28. The molecule has 0 spiro atoms. The molecule has 84 valence electrons. The van der Waals surface area contributed by atoms with E-state index in [1.165, 1.54) is 0 Å². The van der Waals surface area contributed by atoms with Crippen molar-refractivity contribution in [2.24, 2.45) is 0 Å². The van der Waals surface area contributed by atoms with E-state index in [2.05, 4.69) is 18.7 Å². The van der Waals surface area contributed by atoms with Crippen LogP contribution in [-0.4, -0.2) is 30.2 Å². The second-order valence-corrected chi connectivity index (χ2v) is 3.43. The standard InChI is InChI=1S/C12H19NO2/c1-4-13(5-2)9-10-7-6-8-11(15-3)12(10)14/h6-8,14H,4-5,9H2,1-3H3. The molecule has 0 aromatic heterocycles. The Labute approximate surface area is 91.3 Å². The second kappa shape index (κ2) is 5.61. The van der Waals surface area contributed by atoms with E-state index in [-0.39, 0.29) is 5.75 Å². The maximum atomic E-state index is 9.88. The summed E-state index contributed by atoms with van der Waals surface area (Å²) < 4.78 is 5.07. The first kappa shape index (κ1) is 11.9. The molecule has 0 amide bonds. The lowest BCUT2D eigenvalue weighted by Crippen LogP contribution is -2.22. The van der Waals surface area contributed by atoms with Crippen molar-refractivity contribution in [1.29, 1.82) is 0 Å². The van der Waals surface area contributed by atoms with Gasteiger partial charge in [-0.1, -0.05) is 26.0 Å². The van der Waals surface area contributed by atoms with Crippen LogP contribution in [0.4, 0.5) is 0 Å². The Kier molecular flexibility index (Phi) is 4.43. The van der Waals surface area contributed by atoms with Gasteiger partial charge in [-0.15, -0.1) is 0 Å². The largest absolute Gasteiger partial charge is 0.504 e. The lowest BCUT2D eigenvalue weighted by atomic mass is 10.1. The number of methoxy groups -OCH3 is 1. The molecule has 15 heavy (non-hydrogen) atoms. The van der Waals surface area contributed by atoms with Crippen LogP contribution in [0.3, 0.4) is 0 Å². The van der Waals surface area contributed by atoms with Gasteiger partial charge in [-0.3, -0.25) is 4.90 Å². The van der Waals surface area contributed by atoms with Gasteiger partial charge in [-0.05, 0) is 19.2 Å². The van der Waals surface area contributed by atoms with Crippen LogP contribution in [0.5, 0.6) is 11.5 Å². The van der Waals surface area contributed by atoms with E-state index in [1.54, 1.807) is 13.2 Å². The van der Waals surface area contributed by atoms with Crippen molar-refractivity contribution in [3.8, 4) is 11.5 Å². The molecular weight excluding hydrogens is 190 g/mol. The zero-order valence-electron chi connectivity index (χ0n) is 9.66. The van der Waals surface area contributed by atoms with Crippen molar-refractivity contribution in [3.63, 3.8) is 0 Å². The lowest BCUT2D eigenvalue weighted by molar-refractivity contribution is 0.288. The number of benzene rings is 1. The van der Waals surface area contributed by atoms with Gasteiger partial charge >= 0.3 is 0 Å². The highest BCUT2D eigenvalue weighted by Gasteiger charge is 2.09. The molecule has 0 heterocycles. The molecule has 0 atom stereocenters. The number of rotatable bonds is 5. The Hall–Kier alpha value is -1.22. The normalized spacial score (nSPS) is 10.7. The summed E-state index contributed by atoms with van der Waals surface area (Å²) in [5, 5.41) is 9.88. The van der Waals surface area contributed by atoms with Crippen molar-refractivity contribution in [3.05, 3.63) is 23.8 Å². The molecular formula is C12H19NO2. The molecule has 1 rings (SSSR count). The highest BCUT2D eigenvalue weighted by atomic mass is 16.5. The smallest absolute Gasteiger partial charge is 0.162 e. The second-order valence-electron chi connectivity index (χ2n) is 3.43. The first-order valence-electron chi connectivity index (χ1n) is 5.30. The molecule has 0 unspecified atom stereocenters. The molecule has 0 bridgehead atoms. The van der Waals surface area contributed by atoms with Gasteiger partial charge in [0.25, 0.3) is 0 Å². The Balaban J connectivity index is 2.85. The Morgan fingerprint density at radius 2 is 1.93 bits per heavy atom. The van der Waals surface area contributed by atoms with E-state index in [4.69, 9.17) is 4.74 Å². The van der Waals surface area contributed by atoms with Gasteiger partial charge in [0.05, 0.1) is 7.11 Å². The minimum atomic E-state index is 0.256. The summed E-state index contributed by atoms with van der Waals surface area (Å²) in [6.07, 6.45) is 0. The van der Waals surface area contributed by atoms with Crippen LogP contribution in [0.25, 0.3) is 0 Å². The van der Waals surface area contributed by atoms with Crippen LogP contribution < -0.4 is 4.74 Å². The first-order chi connectivity index (χ1) is 7.22. The van der Waals surface area contributed by atoms with E-state index in [9.17, 15) is 5.11 Å². The summed E-state index contributed by atoms with van der Waals surface area (Å²) >= 11 is 0. The molecule has 1 aromatic rings. The monoisotopic (exact) mass is 209 g/mol. The van der Waals surface area contributed by atoms with Crippen LogP contribution in [0.15, 0.2) is 18.2 Å². The summed E-state index contributed by atoms with van der Waals surface area (Å²) in [6, 6.07) is 5.59. The van der Waals surface area contributed by atoms with Gasteiger partial charge < -0.3 is 9.84 Å². The zero-order valence-corrected chi connectivity index (χ0v) is 9.66. The number of hydrogen-bond acceptors (Lipinski definition) is 3. The highest BCUT2D eigenvalue weighted by molar-refractivity contribution is 5.45. The van der Waals surface area contributed by atoms with Gasteiger partial charge in [-0.2, -0.15) is 0 Å². The summed E-state index contributed by atoms with van der Waals surface area (Å²) in [7, 11) is 1.57. The van der Waals surface area contributed by atoms with Crippen LogP contribution in [0, 0.1) is 0 Å². The van der Waals surface area contributed by atoms with Gasteiger partial charge in [0, 0.05) is 12.1 Å². The molecule has 0 radical (unpaired) electrons. The quantitative estimate of drug-likeness (QED) is 0.807. The minimum absolute atomic E-state index is 0.256. The summed E-state index contributed by atoms with van der Waals surface area (Å²) in [6.45, 7) is 6.94. The van der Waals surface area contributed by atoms with Crippen molar-refractivity contribution < 1.29 is 9.84 Å². The Morgan fingerprint density at radius 1 is 1.27 bits per heavy atom. The van der Waals surface area contributed by atoms with Crippen molar-refractivity contribution in [2.75, 3.05) is 20.2 Å². The number of phenols is 1. The van der Waals surface area contributed by atoms with Crippen LogP contribution >= 0.6 is 0 Å². The Morgan fingerprint density at radius 3 is 2.47 bits per heavy atom. The molecule has 1 aromatic carbocycles. The third kappa shape index (κ3) is 2.86.